The molecule has 1 atom stereocenters. The molecule has 0 saturated heterocycles. The van der Waals surface area contributed by atoms with Crippen LogP contribution in [-0.4, -0.2) is 9.97 Å². The topological polar surface area (TPSA) is 64.9 Å². The van der Waals surface area contributed by atoms with Crippen molar-refractivity contribution in [3.05, 3.63) is 35.2 Å². The lowest BCUT2D eigenvalue weighted by Gasteiger charge is -1.98. The van der Waals surface area contributed by atoms with Gasteiger partial charge in [0.25, 0.3) is 0 Å². The number of fused-ring (bicyclic) bond motifs is 1. The molecule has 0 radical (unpaired) electrons. The van der Waals surface area contributed by atoms with E-state index in [0.29, 0.717) is 5.89 Å². The molecular weight excluding hydrogens is 246 g/mol. The molecule has 0 saturated carbocycles. The normalized spacial score (nSPS) is 13.1. The van der Waals surface area contributed by atoms with E-state index in [1.807, 2.05) is 37.4 Å². The summed E-state index contributed by atoms with van der Waals surface area (Å²) in [6.07, 6.45) is 0. The second-order valence-corrected chi connectivity index (χ2v) is 5.14. The van der Waals surface area contributed by atoms with E-state index in [4.69, 9.17) is 10.2 Å². The van der Waals surface area contributed by atoms with Crippen LogP contribution in [-0.2, 0) is 0 Å². The first kappa shape index (κ1) is 11.4. The fraction of sp³-hybridized carbons (Fsp3) is 0.231. The second-order valence-electron chi connectivity index (χ2n) is 4.28. The van der Waals surface area contributed by atoms with Crippen molar-refractivity contribution in [2.24, 2.45) is 5.73 Å². The highest BCUT2D eigenvalue weighted by molar-refractivity contribution is 7.13. The van der Waals surface area contributed by atoms with Crippen LogP contribution in [0.4, 0.5) is 0 Å². The Morgan fingerprint density at radius 1 is 1.33 bits per heavy atom. The molecule has 0 fully saturated rings. The van der Waals surface area contributed by atoms with E-state index in [1.54, 1.807) is 11.3 Å². The molecule has 1 aromatic carbocycles. The van der Waals surface area contributed by atoms with Gasteiger partial charge in [-0.3, -0.25) is 0 Å². The monoisotopic (exact) mass is 259 g/mol. The summed E-state index contributed by atoms with van der Waals surface area (Å²) in [7, 11) is 0. The van der Waals surface area contributed by atoms with Crippen LogP contribution in [0.5, 0.6) is 0 Å². The average molecular weight is 259 g/mol. The van der Waals surface area contributed by atoms with Crippen LogP contribution in [0.3, 0.4) is 0 Å². The molecule has 0 aliphatic rings. The molecule has 0 amide bonds. The SMILES string of the molecule is Cc1nc2ccc(-c3nc(C(C)N)cs3)cc2o1. The second kappa shape index (κ2) is 4.19. The molecule has 2 heterocycles. The van der Waals surface area contributed by atoms with Crippen LogP contribution in [0.1, 0.15) is 24.6 Å². The molecule has 4 nitrogen and oxygen atoms in total. The number of benzene rings is 1. The molecule has 1 unspecified atom stereocenters. The number of nitrogens with two attached hydrogens (primary N) is 1. The molecule has 2 N–H and O–H groups in total. The minimum atomic E-state index is -0.0359. The summed E-state index contributed by atoms with van der Waals surface area (Å²) in [5.74, 6) is 0.678. The molecule has 0 spiro atoms. The van der Waals surface area contributed by atoms with Gasteiger partial charge in [0.05, 0.1) is 5.69 Å². The predicted molar refractivity (Wildman–Crippen MR) is 72.5 cm³/mol. The number of aryl methyl sites for hydroxylation is 1. The molecular formula is C13H13N3OS. The Hall–Kier alpha value is -1.72. The van der Waals surface area contributed by atoms with E-state index >= 15 is 0 Å². The van der Waals surface area contributed by atoms with Crippen molar-refractivity contribution in [1.29, 1.82) is 0 Å². The van der Waals surface area contributed by atoms with Crippen molar-refractivity contribution < 1.29 is 4.42 Å². The van der Waals surface area contributed by atoms with Crippen molar-refractivity contribution in [1.82, 2.24) is 9.97 Å². The van der Waals surface area contributed by atoms with Crippen molar-refractivity contribution in [3.63, 3.8) is 0 Å². The van der Waals surface area contributed by atoms with Crippen LogP contribution in [0.25, 0.3) is 21.7 Å². The molecule has 0 bridgehead atoms. The minimum Gasteiger partial charge on any atom is -0.441 e. The van der Waals surface area contributed by atoms with Crippen LogP contribution >= 0.6 is 11.3 Å². The summed E-state index contributed by atoms with van der Waals surface area (Å²) in [5, 5.41) is 2.95. The van der Waals surface area contributed by atoms with E-state index in [9.17, 15) is 0 Å². The summed E-state index contributed by atoms with van der Waals surface area (Å²) >= 11 is 1.59. The Bertz CT molecular complexity index is 699. The predicted octanol–water partition coefficient (Wildman–Crippen LogP) is 3.28. The van der Waals surface area contributed by atoms with Gasteiger partial charge in [-0.05, 0) is 25.1 Å². The number of rotatable bonds is 2. The molecule has 3 rings (SSSR count). The molecule has 92 valence electrons. The molecule has 0 aliphatic carbocycles. The largest absolute Gasteiger partial charge is 0.441 e. The number of oxazole rings is 1. The highest BCUT2D eigenvalue weighted by atomic mass is 32.1. The Labute approximate surface area is 108 Å². The van der Waals surface area contributed by atoms with E-state index < -0.39 is 0 Å². The van der Waals surface area contributed by atoms with E-state index in [0.717, 1.165) is 27.4 Å². The Balaban J connectivity index is 2.06. The van der Waals surface area contributed by atoms with Gasteiger partial charge in [-0.15, -0.1) is 11.3 Å². The zero-order valence-corrected chi connectivity index (χ0v) is 11.0. The molecule has 5 heteroatoms. The summed E-state index contributed by atoms with van der Waals surface area (Å²) < 4.78 is 5.53. The van der Waals surface area contributed by atoms with Gasteiger partial charge in [-0.2, -0.15) is 0 Å². The van der Waals surface area contributed by atoms with Crippen LogP contribution in [0, 0.1) is 6.92 Å². The van der Waals surface area contributed by atoms with Gasteiger partial charge in [0.15, 0.2) is 11.5 Å². The van der Waals surface area contributed by atoms with E-state index in [1.165, 1.54) is 0 Å². The number of hydrogen-bond donors (Lipinski definition) is 1. The highest BCUT2D eigenvalue weighted by Gasteiger charge is 2.10. The van der Waals surface area contributed by atoms with Crippen LogP contribution in [0.15, 0.2) is 28.0 Å². The molecule has 0 aliphatic heterocycles. The van der Waals surface area contributed by atoms with Crippen molar-refractivity contribution in [2.75, 3.05) is 0 Å². The third-order valence-corrected chi connectivity index (χ3v) is 3.64. The maximum Gasteiger partial charge on any atom is 0.192 e. The smallest absolute Gasteiger partial charge is 0.192 e. The lowest BCUT2D eigenvalue weighted by Crippen LogP contribution is -2.04. The number of thiazole rings is 1. The summed E-state index contributed by atoms with van der Waals surface area (Å²) in [6.45, 7) is 3.78. The quantitative estimate of drug-likeness (QED) is 0.767. The molecule has 18 heavy (non-hydrogen) atoms. The minimum absolute atomic E-state index is 0.0359. The summed E-state index contributed by atoms with van der Waals surface area (Å²) in [4.78, 5) is 8.80. The molecule has 2 aromatic heterocycles. The van der Waals surface area contributed by atoms with Crippen molar-refractivity contribution in [3.8, 4) is 10.6 Å². The zero-order valence-electron chi connectivity index (χ0n) is 10.2. The van der Waals surface area contributed by atoms with Crippen LogP contribution in [0.2, 0.25) is 0 Å². The van der Waals surface area contributed by atoms with Gasteiger partial charge < -0.3 is 10.2 Å². The standard InChI is InChI=1S/C13H13N3OS/c1-7(14)11-6-18-13(16-11)9-3-4-10-12(5-9)17-8(2)15-10/h3-7H,14H2,1-2H3. The van der Waals surface area contributed by atoms with Crippen molar-refractivity contribution >= 4 is 22.4 Å². The van der Waals surface area contributed by atoms with Gasteiger partial charge in [-0.25, -0.2) is 9.97 Å². The van der Waals surface area contributed by atoms with Crippen molar-refractivity contribution in [2.45, 2.75) is 19.9 Å². The third-order valence-electron chi connectivity index (χ3n) is 2.73. The maximum atomic E-state index is 5.81. The Morgan fingerprint density at radius 3 is 2.89 bits per heavy atom. The van der Waals surface area contributed by atoms with Crippen LogP contribution < -0.4 is 5.73 Å². The zero-order chi connectivity index (χ0) is 12.7. The Morgan fingerprint density at radius 2 is 2.17 bits per heavy atom. The van der Waals surface area contributed by atoms with Gasteiger partial charge in [0.2, 0.25) is 0 Å². The average Bonchev–Trinajstić information content (AvgIpc) is 2.91. The highest BCUT2D eigenvalue weighted by Crippen LogP contribution is 2.28. The first-order chi connectivity index (χ1) is 8.63. The Kier molecular flexibility index (Phi) is 2.65. The van der Waals surface area contributed by atoms with Gasteiger partial charge >= 0.3 is 0 Å². The van der Waals surface area contributed by atoms with Gasteiger partial charge in [0.1, 0.15) is 10.5 Å². The lowest BCUT2D eigenvalue weighted by atomic mass is 10.2. The maximum absolute atomic E-state index is 5.81. The number of nitrogens with zero attached hydrogens (tertiary/aromatic N) is 2. The lowest BCUT2D eigenvalue weighted by molar-refractivity contribution is 0.561. The number of aromatic nitrogens is 2. The van der Waals surface area contributed by atoms with Gasteiger partial charge in [0, 0.05) is 23.9 Å². The summed E-state index contributed by atoms with van der Waals surface area (Å²) in [5.41, 5.74) is 9.44. The summed E-state index contributed by atoms with van der Waals surface area (Å²) in [6, 6.07) is 5.90. The van der Waals surface area contributed by atoms with E-state index in [-0.39, 0.29) is 6.04 Å². The first-order valence-corrected chi connectivity index (χ1v) is 6.60. The van der Waals surface area contributed by atoms with Gasteiger partial charge in [-0.1, -0.05) is 0 Å². The fourth-order valence-corrected chi connectivity index (χ4v) is 2.72. The first-order valence-electron chi connectivity index (χ1n) is 5.72. The van der Waals surface area contributed by atoms with E-state index in [2.05, 4.69) is 9.97 Å². The molecule has 3 aromatic rings. The number of hydrogen-bond acceptors (Lipinski definition) is 5. The third kappa shape index (κ3) is 1.91. The fourth-order valence-electron chi connectivity index (χ4n) is 1.80.